The molecule has 0 aromatic carbocycles. The largest absolute Gasteiger partial charge is 0.379 e. The van der Waals surface area contributed by atoms with Crippen molar-refractivity contribution in [3.63, 3.8) is 0 Å². The second-order valence-electron chi connectivity index (χ2n) is 3.86. The van der Waals surface area contributed by atoms with E-state index in [9.17, 15) is 0 Å². The van der Waals surface area contributed by atoms with Crippen LogP contribution in [-0.4, -0.2) is 49.3 Å². The van der Waals surface area contributed by atoms with Crippen molar-refractivity contribution in [1.29, 1.82) is 0 Å². The maximum absolute atomic E-state index is 5.30. The quantitative estimate of drug-likeness (QED) is 0.752. The molecule has 1 aromatic heterocycles. The molecule has 0 bridgehead atoms. The molecule has 87 valence electrons. The first-order valence-electron chi connectivity index (χ1n) is 5.82. The average Bonchev–Trinajstić information content (AvgIpc) is 2.37. The van der Waals surface area contributed by atoms with E-state index in [1.165, 1.54) is 0 Å². The standard InChI is InChI=1S/C12H18N3O/c1-2-5-13-12(4-1)14-6-3-7-15-8-10-16-11-9-15/h1-2,5H,3,6-11H2,(H,13,14). The summed E-state index contributed by atoms with van der Waals surface area (Å²) in [5, 5.41) is 3.26. The van der Waals surface area contributed by atoms with Crippen molar-refractivity contribution in [2.75, 3.05) is 44.7 Å². The molecule has 0 spiro atoms. The lowest BCUT2D eigenvalue weighted by Crippen LogP contribution is -2.37. The van der Waals surface area contributed by atoms with E-state index in [0.29, 0.717) is 0 Å². The Morgan fingerprint density at radius 3 is 3.06 bits per heavy atom. The highest BCUT2D eigenvalue weighted by Gasteiger charge is 2.08. The minimum Gasteiger partial charge on any atom is -0.379 e. The molecule has 4 heteroatoms. The Morgan fingerprint density at radius 2 is 2.31 bits per heavy atom. The number of ether oxygens (including phenoxy) is 1. The van der Waals surface area contributed by atoms with Gasteiger partial charge < -0.3 is 10.1 Å². The van der Waals surface area contributed by atoms with Crippen molar-refractivity contribution in [2.24, 2.45) is 0 Å². The van der Waals surface area contributed by atoms with Gasteiger partial charge in [0.1, 0.15) is 5.82 Å². The highest BCUT2D eigenvalue weighted by molar-refractivity contribution is 5.31. The number of nitrogens with zero attached hydrogens (tertiary/aromatic N) is 2. The number of aromatic nitrogens is 1. The van der Waals surface area contributed by atoms with E-state index in [4.69, 9.17) is 4.74 Å². The van der Waals surface area contributed by atoms with Gasteiger partial charge in [-0.1, -0.05) is 0 Å². The van der Waals surface area contributed by atoms with E-state index in [0.717, 1.165) is 51.6 Å². The first kappa shape index (κ1) is 11.4. The molecule has 1 N–H and O–H groups in total. The monoisotopic (exact) mass is 220 g/mol. The number of morpholine rings is 1. The molecular formula is C12H18N3O. The number of nitrogens with one attached hydrogen (secondary N) is 1. The third-order valence-corrected chi connectivity index (χ3v) is 2.65. The van der Waals surface area contributed by atoms with Crippen LogP contribution in [0, 0.1) is 6.07 Å². The molecule has 0 atom stereocenters. The van der Waals surface area contributed by atoms with Gasteiger partial charge in [0.2, 0.25) is 0 Å². The van der Waals surface area contributed by atoms with Crippen molar-refractivity contribution in [3.05, 3.63) is 24.4 Å². The SMILES string of the molecule is [c]1cccnc1NCCCN1CCOCC1. The summed E-state index contributed by atoms with van der Waals surface area (Å²) >= 11 is 0. The van der Waals surface area contributed by atoms with Crippen LogP contribution in [0.25, 0.3) is 0 Å². The topological polar surface area (TPSA) is 37.4 Å². The molecule has 0 unspecified atom stereocenters. The number of rotatable bonds is 5. The molecule has 1 fully saturated rings. The molecule has 0 saturated carbocycles. The van der Waals surface area contributed by atoms with Crippen LogP contribution in [0.1, 0.15) is 6.42 Å². The Bertz CT molecular complexity index is 286. The molecule has 0 aliphatic carbocycles. The minimum atomic E-state index is 0.837. The van der Waals surface area contributed by atoms with E-state index < -0.39 is 0 Å². The first-order valence-corrected chi connectivity index (χ1v) is 5.82. The highest BCUT2D eigenvalue weighted by atomic mass is 16.5. The lowest BCUT2D eigenvalue weighted by atomic mass is 10.3. The van der Waals surface area contributed by atoms with Gasteiger partial charge in [-0.05, 0) is 25.1 Å². The molecule has 1 aliphatic heterocycles. The van der Waals surface area contributed by atoms with E-state index >= 15 is 0 Å². The molecule has 2 rings (SSSR count). The summed E-state index contributed by atoms with van der Waals surface area (Å²) in [4.78, 5) is 6.60. The van der Waals surface area contributed by atoms with Crippen LogP contribution in [0.4, 0.5) is 5.82 Å². The van der Waals surface area contributed by atoms with Crippen molar-refractivity contribution >= 4 is 5.82 Å². The van der Waals surface area contributed by atoms with Crippen molar-refractivity contribution in [2.45, 2.75) is 6.42 Å². The molecule has 4 nitrogen and oxygen atoms in total. The summed E-state index contributed by atoms with van der Waals surface area (Å²) < 4.78 is 5.30. The van der Waals surface area contributed by atoms with E-state index in [1.54, 1.807) is 6.20 Å². The van der Waals surface area contributed by atoms with E-state index in [-0.39, 0.29) is 0 Å². The second-order valence-corrected chi connectivity index (χ2v) is 3.86. The fraction of sp³-hybridized carbons (Fsp3) is 0.583. The Morgan fingerprint density at radius 1 is 1.44 bits per heavy atom. The van der Waals surface area contributed by atoms with Crippen LogP contribution in [-0.2, 0) is 4.74 Å². The van der Waals surface area contributed by atoms with Crippen LogP contribution in [0.3, 0.4) is 0 Å². The van der Waals surface area contributed by atoms with Gasteiger partial charge in [0, 0.05) is 31.9 Å². The maximum Gasteiger partial charge on any atom is 0.133 e. The predicted octanol–water partition coefficient (Wildman–Crippen LogP) is 1.02. The summed E-state index contributed by atoms with van der Waals surface area (Å²) in [6.45, 7) is 5.96. The number of anilines is 1. The smallest absolute Gasteiger partial charge is 0.133 e. The summed E-state index contributed by atoms with van der Waals surface area (Å²) in [5.41, 5.74) is 0. The number of pyridine rings is 1. The maximum atomic E-state index is 5.30. The summed E-state index contributed by atoms with van der Waals surface area (Å²) in [5.74, 6) is 0.837. The van der Waals surface area contributed by atoms with Gasteiger partial charge in [0.15, 0.2) is 0 Å². The normalized spacial score (nSPS) is 17.2. The van der Waals surface area contributed by atoms with Crippen LogP contribution in [0.5, 0.6) is 0 Å². The average molecular weight is 220 g/mol. The first-order chi connectivity index (χ1) is 7.95. The summed E-state index contributed by atoms with van der Waals surface area (Å²) in [7, 11) is 0. The van der Waals surface area contributed by atoms with Crippen LogP contribution >= 0.6 is 0 Å². The van der Waals surface area contributed by atoms with Gasteiger partial charge in [0.25, 0.3) is 0 Å². The highest BCUT2D eigenvalue weighted by Crippen LogP contribution is 2.00. The Hall–Kier alpha value is -1.13. The van der Waals surface area contributed by atoms with E-state index in [1.807, 2.05) is 12.1 Å². The molecule has 1 aromatic rings. The van der Waals surface area contributed by atoms with Gasteiger partial charge in [-0.3, -0.25) is 4.90 Å². The minimum absolute atomic E-state index is 0.837. The Labute approximate surface area is 96.6 Å². The molecule has 1 radical (unpaired) electrons. The molecule has 1 aliphatic rings. The van der Waals surface area contributed by atoms with Gasteiger partial charge in [-0.15, -0.1) is 0 Å². The van der Waals surface area contributed by atoms with Gasteiger partial charge >= 0.3 is 0 Å². The van der Waals surface area contributed by atoms with Crippen LogP contribution < -0.4 is 5.32 Å². The van der Waals surface area contributed by atoms with Crippen molar-refractivity contribution in [1.82, 2.24) is 9.88 Å². The lowest BCUT2D eigenvalue weighted by Gasteiger charge is -2.26. The van der Waals surface area contributed by atoms with Gasteiger partial charge in [-0.25, -0.2) is 4.98 Å². The van der Waals surface area contributed by atoms with Crippen molar-refractivity contribution in [3.8, 4) is 0 Å². The fourth-order valence-electron chi connectivity index (χ4n) is 1.76. The molecule has 16 heavy (non-hydrogen) atoms. The molecule has 0 amide bonds. The van der Waals surface area contributed by atoms with E-state index in [2.05, 4.69) is 21.3 Å². The zero-order chi connectivity index (χ0) is 11.1. The fourth-order valence-corrected chi connectivity index (χ4v) is 1.76. The molecular weight excluding hydrogens is 202 g/mol. The van der Waals surface area contributed by atoms with Gasteiger partial charge in [0.05, 0.1) is 13.2 Å². The van der Waals surface area contributed by atoms with Gasteiger partial charge in [-0.2, -0.15) is 0 Å². The molecule has 1 saturated heterocycles. The lowest BCUT2D eigenvalue weighted by molar-refractivity contribution is 0.0378. The predicted molar refractivity (Wildman–Crippen MR) is 63.4 cm³/mol. The Kier molecular flexibility index (Phi) is 4.58. The summed E-state index contributed by atoms with van der Waals surface area (Å²) in [6, 6.07) is 6.80. The van der Waals surface area contributed by atoms with Crippen LogP contribution in [0.15, 0.2) is 18.3 Å². The number of hydrogen-bond donors (Lipinski definition) is 1. The zero-order valence-corrected chi connectivity index (χ0v) is 9.48. The second kappa shape index (κ2) is 6.45. The Balaban J connectivity index is 1.58. The van der Waals surface area contributed by atoms with Crippen LogP contribution in [0.2, 0.25) is 0 Å². The number of hydrogen-bond acceptors (Lipinski definition) is 4. The third kappa shape index (κ3) is 3.79. The zero-order valence-electron chi connectivity index (χ0n) is 9.48. The molecule has 2 heterocycles. The van der Waals surface area contributed by atoms with Crippen molar-refractivity contribution < 1.29 is 4.74 Å². The summed E-state index contributed by atoms with van der Waals surface area (Å²) in [6.07, 6.45) is 2.91. The third-order valence-electron chi connectivity index (χ3n) is 2.65.